The molecular formula is C16H15N5O3. The Bertz CT molecular complexity index is 854. The van der Waals surface area contributed by atoms with E-state index in [1.807, 2.05) is 31.2 Å². The highest BCUT2D eigenvalue weighted by atomic mass is 16.5. The first kappa shape index (κ1) is 15.5. The van der Waals surface area contributed by atoms with Crippen molar-refractivity contribution in [3.8, 4) is 5.69 Å². The van der Waals surface area contributed by atoms with Crippen molar-refractivity contribution in [2.24, 2.45) is 0 Å². The van der Waals surface area contributed by atoms with Crippen LogP contribution >= 0.6 is 0 Å². The Morgan fingerprint density at radius 3 is 2.75 bits per heavy atom. The second-order valence-electron chi connectivity index (χ2n) is 5.04. The Labute approximate surface area is 137 Å². The van der Waals surface area contributed by atoms with Gasteiger partial charge in [-0.3, -0.25) is 9.59 Å². The minimum atomic E-state index is -0.783. The predicted octanol–water partition coefficient (Wildman–Crippen LogP) is 1.42. The Balaban J connectivity index is 1.68. The molecule has 2 aromatic heterocycles. The maximum atomic E-state index is 12.0. The standard InChI is InChI=1S/C16H15N5O3/c1-11-4-2-3-5-13(11)21-14(6-8-18-21)19-16(23)15(22)17-10-12-7-9-24-20-12/h2-9H,10H2,1H3,(H,17,22)(H,19,23). The molecular weight excluding hydrogens is 310 g/mol. The van der Waals surface area contributed by atoms with Crippen molar-refractivity contribution in [2.45, 2.75) is 13.5 Å². The van der Waals surface area contributed by atoms with E-state index in [1.54, 1.807) is 23.0 Å². The van der Waals surface area contributed by atoms with Crippen LogP contribution in [0.1, 0.15) is 11.3 Å². The van der Waals surface area contributed by atoms with Crippen LogP contribution in [0.25, 0.3) is 5.69 Å². The highest BCUT2D eigenvalue weighted by molar-refractivity contribution is 6.39. The molecule has 8 heteroatoms. The van der Waals surface area contributed by atoms with Crippen LogP contribution in [0.15, 0.2) is 53.4 Å². The molecule has 0 saturated carbocycles. The molecule has 0 aliphatic carbocycles. The minimum absolute atomic E-state index is 0.111. The van der Waals surface area contributed by atoms with E-state index in [9.17, 15) is 9.59 Å². The van der Waals surface area contributed by atoms with Crippen molar-refractivity contribution in [1.82, 2.24) is 20.3 Å². The fourth-order valence-electron chi connectivity index (χ4n) is 2.14. The highest BCUT2D eigenvalue weighted by Crippen LogP contribution is 2.18. The second kappa shape index (κ2) is 6.78. The topological polar surface area (TPSA) is 102 Å². The van der Waals surface area contributed by atoms with E-state index in [0.29, 0.717) is 11.5 Å². The third kappa shape index (κ3) is 3.32. The van der Waals surface area contributed by atoms with Gasteiger partial charge in [0.2, 0.25) is 0 Å². The van der Waals surface area contributed by atoms with Crippen LogP contribution in [-0.2, 0) is 16.1 Å². The number of nitrogens with one attached hydrogen (secondary N) is 2. The van der Waals surface area contributed by atoms with Gasteiger partial charge in [0, 0.05) is 12.1 Å². The molecule has 0 atom stereocenters. The molecule has 2 N–H and O–H groups in total. The zero-order chi connectivity index (χ0) is 16.9. The molecule has 2 heterocycles. The molecule has 8 nitrogen and oxygen atoms in total. The van der Waals surface area contributed by atoms with E-state index < -0.39 is 11.8 Å². The summed E-state index contributed by atoms with van der Waals surface area (Å²) in [5, 5.41) is 12.9. The van der Waals surface area contributed by atoms with Gasteiger partial charge in [-0.2, -0.15) is 5.10 Å². The summed E-state index contributed by atoms with van der Waals surface area (Å²) in [6.45, 7) is 2.05. The van der Waals surface area contributed by atoms with Crippen LogP contribution in [-0.4, -0.2) is 26.8 Å². The number of aryl methyl sites for hydroxylation is 1. The maximum Gasteiger partial charge on any atom is 0.314 e. The Morgan fingerprint density at radius 2 is 2.00 bits per heavy atom. The van der Waals surface area contributed by atoms with E-state index in [2.05, 4.69) is 25.4 Å². The first-order chi connectivity index (χ1) is 11.6. The zero-order valence-electron chi connectivity index (χ0n) is 12.9. The van der Waals surface area contributed by atoms with Crippen LogP contribution < -0.4 is 10.6 Å². The lowest BCUT2D eigenvalue weighted by Gasteiger charge is -2.10. The molecule has 3 rings (SSSR count). The van der Waals surface area contributed by atoms with Crippen molar-refractivity contribution in [3.63, 3.8) is 0 Å². The highest BCUT2D eigenvalue weighted by Gasteiger charge is 2.17. The fourth-order valence-corrected chi connectivity index (χ4v) is 2.14. The summed E-state index contributed by atoms with van der Waals surface area (Å²) in [4.78, 5) is 23.9. The van der Waals surface area contributed by atoms with Crippen molar-refractivity contribution in [2.75, 3.05) is 5.32 Å². The van der Waals surface area contributed by atoms with Gasteiger partial charge in [0.05, 0.1) is 18.4 Å². The summed E-state index contributed by atoms with van der Waals surface area (Å²) < 4.78 is 6.22. The summed E-state index contributed by atoms with van der Waals surface area (Å²) in [7, 11) is 0. The number of carbonyl (C=O) groups excluding carboxylic acids is 2. The second-order valence-corrected chi connectivity index (χ2v) is 5.04. The lowest BCUT2D eigenvalue weighted by atomic mass is 10.2. The van der Waals surface area contributed by atoms with Gasteiger partial charge >= 0.3 is 11.8 Å². The predicted molar refractivity (Wildman–Crippen MR) is 85.3 cm³/mol. The number of para-hydroxylation sites is 1. The van der Waals surface area contributed by atoms with Gasteiger partial charge in [-0.1, -0.05) is 23.4 Å². The Morgan fingerprint density at radius 1 is 1.17 bits per heavy atom. The molecule has 24 heavy (non-hydrogen) atoms. The average molecular weight is 325 g/mol. The van der Waals surface area contributed by atoms with E-state index in [4.69, 9.17) is 0 Å². The van der Waals surface area contributed by atoms with E-state index >= 15 is 0 Å². The molecule has 0 bridgehead atoms. The number of aromatic nitrogens is 3. The summed E-state index contributed by atoms with van der Waals surface area (Å²) in [5.41, 5.74) is 2.34. The monoisotopic (exact) mass is 325 g/mol. The van der Waals surface area contributed by atoms with Crippen molar-refractivity contribution < 1.29 is 14.1 Å². The third-order valence-electron chi connectivity index (χ3n) is 3.36. The lowest BCUT2D eigenvalue weighted by Crippen LogP contribution is -2.35. The van der Waals surface area contributed by atoms with Gasteiger partial charge in [-0.05, 0) is 18.6 Å². The fraction of sp³-hybridized carbons (Fsp3) is 0.125. The van der Waals surface area contributed by atoms with Gasteiger partial charge in [0.25, 0.3) is 0 Å². The average Bonchev–Trinajstić information content (AvgIpc) is 3.25. The Hall–Kier alpha value is -3.42. The molecule has 3 aromatic rings. The first-order valence-electron chi connectivity index (χ1n) is 7.23. The van der Waals surface area contributed by atoms with Crippen LogP contribution in [0.2, 0.25) is 0 Å². The number of rotatable bonds is 4. The number of benzene rings is 1. The summed E-state index contributed by atoms with van der Waals surface area (Å²) in [6.07, 6.45) is 2.94. The molecule has 0 aliphatic heterocycles. The molecule has 0 saturated heterocycles. The smallest absolute Gasteiger partial charge is 0.314 e. The molecule has 2 amide bonds. The van der Waals surface area contributed by atoms with E-state index in [0.717, 1.165) is 11.3 Å². The van der Waals surface area contributed by atoms with Crippen LogP contribution in [0.4, 0.5) is 5.82 Å². The third-order valence-corrected chi connectivity index (χ3v) is 3.36. The number of anilines is 1. The number of hydrogen-bond donors (Lipinski definition) is 2. The van der Waals surface area contributed by atoms with Gasteiger partial charge in [0.1, 0.15) is 17.8 Å². The molecule has 1 aromatic carbocycles. The first-order valence-corrected chi connectivity index (χ1v) is 7.23. The van der Waals surface area contributed by atoms with E-state index in [-0.39, 0.29) is 6.54 Å². The summed E-state index contributed by atoms with van der Waals surface area (Å²) in [5.74, 6) is -1.14. The number of nitrogens with zero attached hydrogens (tertiary/aromatic N) is 3. The molecule has 0 unspecified atom stereocenters. The number of amides is 2. The summed E-state index contributed by atoms with van der Waals surface area (Å²) in [6, 6.07) is 10.8. The Kier molecular flexibility index (Phi) is 4.37. The van der Waals surface area contributed by atoms with Crippen LogP contribution in [0.3, 0.4) is 0 Å². The quantitative estimate of drug-likeness (QED) is 0.706. The van der Waals surface area contributed by atoms with Crippen molar-refractivity contribution in [3.05, 3.63) is 60.1 Å². The molecule has 0 radical (unpaired) electrons. The van der Waals surface area contributed by atoms with E-state index in [1.165, 1.54) is 6.26 Å². The minimum Gasteiger partial charge on any atom is -0.364 e. The van der Waals surface area contributed by atoms with Gasteiger partial charge < -0.3 is 15.2 Å². The molecule has 0 spiro atoms. The van der Waals surface area contributed by atoms with Crippen LogP contribution in [0.5, 0.6) is 0 Å². The van der Waals surface area contributed by atoms with Crippen LogP contribution in [0, 0.1) is 6.92 Å². The maximum absolute atomic E-state index is 12.0. The van der Waals surface area contributed by atoms with Crippen molar-refractivity contribution >= 4 is 17.6 Å². The molecule has 0 fully saturated rings. The normalized spacial score (nSPS) is 10.4. The largest absolute Gasteiger partial charge is 0.364 e. The SMILES string of the molecule is Cc1ccccc1-n1nccc1NC(=O)C(=O)NCc1ccon1. The van der Waals surface area contributed by atoms with Gasteiger partial charge in [-0.25, -0.2) is 4.68 Å². The number of carbonyl (C=O) groups is 2. The van der Waals surface area contributed by atoms with Crippen molar-refractivity contribution in [1.29, 1.82) is 0 Å². The zero-order valence-corrected chi connectivity index (χ0v) is 12.9. The number of hydrogen-bond acceptors (Lipinski definition) is 5. The lowest BCUT2D eigenvalue weighted by molar-refractivity contribution is -0.136. The summed E-state index contributed by atoms with van der Waals surface area (Å²) >= 11 is 0. The van der Waals surface area contributed by atoms with Gasteiger partial charge in [-0.15, -0.1) is 0 Å². The molecule has 122 valence electrons. The van der Waals surface area contributed by atoms with Gasteiger partial charge in [0.15, 0.2) is 0 Å². The molecule has 0 aliphatic rings.